The van der Waals surface area contributed by atoms with Crippen LogP contribution in [0.3, 0.4) is 0 Å². The second-order valence-electron chi connectivity index (χ2n) is 3.18. The second kappa shape index (κ2) is 4.06. The van der Waals surface area contributed by atoms with Crippen molar-refractivity contribution in [1.82, 2.24) is 4.98 Å². The number of carbonyl (C=O) groups is 1. The number of hydrogen-bond donors (Lipinski definition) is 3. The zero-order valence-electron chi connectivity index (χ0n) is 7.90. The normalized spacial score (nSPS) is 12.4. The Labute approximate surface area is 81.7 Å². The quantitative estimate of drug-likeness (QED) is 0.626. The summed E-state index contributed by atoms with van der Waals surface area (Å²) in [6, 6.07) is 0.809. The van der Waals surface area contributed by atoms with Gasteiger partial charge >= 0.3 is 5.97 Å². The van der Waals surface area contributed by atoms with Crippen LogP contribution in [0.1, 0.15) is 11.1 Å². The molecule has 0 aliphatic carbocycles. The summed E-state index contributed by atoms with van der Waals surface area (Å²) in [5.41, 5.74) is 12.6. The molecule has 5 heteroatoms. The predicted molar refractivity (Wildman–Crippen MR) is 52.7 cm³/mol. The third-order valence-electron chi connectivity index (χ3n) is 2.00. The Morgan fingerprint density at radius 2 is 2.36 bits per heavy atom. The molecule has 5 N–H and O–H groups in total. The third-order valence-corrected chi connectivity index (χ3v) is 2.00. The van der Waals surface area contributed by atoms with Crippen LogP contribution in [-0.4, -0.2) is 22.1 Å². The average molecular weight is 195 g/mol. The average Bonchev–Trinajstić information content (AvgIpc) is 2.09. The van der Waals surface area contributed by atoms with Crippen molar-refractivity contribution in [2.24, 2.45) is 5.73 Å². The molecular weight excluding hydrogens is 182 g/mol. The number of carboxylic acids is 1. The van der Waals surface area contributed by atoms with Gasteiger partial charge in [-0.1, -0.05) is 0 Å². The fourth-order valence-electron chi connectivity index (χ4n) is 1.14. The van der Waals surface area contributed by atoms with Gasteiger partial charge in [-0.25, -0.2) is 4.98 Å². The molecule has 0 saturated heterocycles. The van der Waals surface area contributed by atoms with Crippen LogP contribution in [0.15, 0.2) is 12.3 Å². The highest BCUT2D eigenvalue weighted by Crippen LogP contribution is 2.11. The number of aliphatic carboxylic acids is 1. The second-order valence-corrected chi connectivity index (χ2v) is 3.18. The molecule has 1 aromatic rings. The zero-order chi connectivity index (χ0) is 10.7. The maximum atomic E-state index is 10.5. The molecule has 0 aliphatic heterocycles. The van der Waals surface area contributed by atoms with Crippen LogP contribution < -0.4 is 11.5 Å². The van der Waals surface area contributed by atoms with Crippen LogP contribution in [0, 0.1) is 6.92 Å². The fraction of sp³-hybridized carbons (Fsp3) is 0.333. The van der Waals surface area contributed by atoms with Gasteiger partial charge in [0.05, 0.1) is 0 Å². The maximum absolute atomic E-state index is 10.5. The van der Waals surface area contributed by atoms with Crippen molar-refractivity contribution in [3.63, 3.8) is 0 Å². The topological polar surface area (TPSA) is 102 Å². The van der Waals surface area contributed by atoms with Gasteiger partial charge in [-0.2, -0.15) is 0 Å². The molecule has 5 nitrogen and oxygen atoms in total. The lowest BCUT2D eigenvalue weighted by Gasteiger charge is -2.08. The molecule has 1 unspecified atom stereocenters. The monoisotopic (exact) mass is 195 g/mol. The molecule has 1 heterocycles. The Bertz CT molecular complexity index is 352. The first-order chi connectivity index (χ1) is 6.50. The van der Waals surface area contributed by atoms with E-state index in [0.717, 1.165) is 11.1 Å². The Kier molecular flexibility index (Phi) is 3.03. The van der Waals surface area contributed by atoms with Crippen molar-refractivity contribution in [3.05, 3.63) is 23.4 Å². The van der Waals surface area contributed by atoms with Gasteiger partial charge in [-0.3, -0.25) is 4.79 Å². The molecule has 0 radical (unpaired) electrons. The SMILES string of the molecule is Cc1cc(N)ncc1CC(N)C(=O)O. The van der Waals surface area contributed by atoms with Gasteiger partial charge < -0.3 is 16.6 Å². The Morgan fingerprint density at radius 1 is 1.71 bits per heavy atom. The predicted octanol–water partition coefficient (Wildman–Crippen LogP) is -0.0734. The van der Waals surface area contributed by atoms with Gasteiger partial charge in [0.1, 0.15) is 11.9 Å². The molecule has 0 amide bonds. The number of nitrogen functional groups attached to an aromatic ring is 1. The van der Waals surface area contributed by atoms with Crippen LogP contribution in [0.5, 0.6) is 0 Å². The van der Waals surface area contributed by atoms with Crippen molar-refractivity contribution in [2.75, 3.05) is 5.73 Å². The molecule has 0 bridgehead atoms. The number of nitrogens with two attached hydrogens (primary N) is 2. The summed E-state index contributed by atoms with van der Waals surface area (Å²) in [5.74, 6) is -0.587. The molecule has 1 rings (SSSR count). The van der Waals surface area contributed by atoms with Crippen molar-refractivity contribution in [1.29, 1.82) is 0 Å². The standard InChI is InChI=1S/C9H13N3O2/c1-5-2-8(11)12-4-6(5)3-7(10)9(13)14/h2,4,7H,3,10H2,1H3,(H2,11,12)(H,13,14). The van der Waals surface area contributed by atoms with E-state index in [1.165, 1.54) is 0 Å². The maximum Gasteiger partial charge on any atom is 0.320 e. The van der Waals surface area contributed by atoms with E-state index < -0.39 is 12.0 Å². The van der Waals surface area contributed by atoms with Crippen LogP contribution in [0.25, 0.3) is 0 Å². The molecule has 0 aliphatic rings. The first-order valence-corrected chi connectivity index (χ1v) is 4.20. The van der Waals surface area contributed by atoms with Crippen molar-refractivity contribution >= 4 is 11.8 Å². The van der Waals surface area contributed by atoms with Gasteiger partial charge in [0.2, 0.25) is 0 Å². The van der Waals surface area contributed by atoms with E-state index in [4.69, 9.17) is 16.6 Å². The molecule has 0 fully saturated rings. The summed E-state index contributed by atoms with van der Waals surface area (Å²) >= 11 is 0. The highest BCUT2D eigenvalue weighted by molar-refractivity contribution is 5.73. The largest absolute Gasteiger partial charge is 0.480 e. The van der Waals surface area contributed by atoms with Gasteiger partial charge in [0.15, 0.2) is 0 Å². The first-order valence-electron chi connectivity index (χ1n) is 4.20. The van der Waals surface area contributed by atoms with Crippen molar-refractivity contribution in [3.8, 4) is 0 Å². The van der Waals surface area contributed by atoms with Gasteiger partial charge in [0, 0.05) is 12.6 Å². The summed E-state index contributed by atoms with van der Waals surface area (Å²) in [4.78, 5) is 14.4. The van der Waals surface area contributed by atoms with Crippen molar-refractivity contribution in [2.45, 2.75) is 19.4 Å². The Balaban J connectivity index is 2.82. The molecular formula is C9H13N3O2. The number of hydrogen-bond acceptors (Lipinski definition) is 4. The number of nitrogens with zero attached hydrogens (tertiary/aromatic N) is 1. The summed E-state index contributed by atoms with van der Waals surface area (Å²) in [6.07, 6.45) is 1.84. The lowest BCUT2D eigenvalue weighted by atomic mass is 10.0. The number of aryl methyl sites for hydroxylation is 1. The molecule has 0 aromatic carbocycles. The summed E-state index contributed by atoms with van der Waals surface area (Å²) in [6.45, 7) is 1.85. The van der Waals surface area contributed by atoms with E-state index in [1.54, 1.807) is 12.3 Å². The Morgan fingerprint density at radius 3 is 2.86 bits per heavy atom. The summed E-state index contributed by atoms with van der Waals surface area (Å²) in [7, 11) is 0. The summed E-state index contributed by atoms with van der Waals surface area (Å²) < 4.78 is 0. The van der Waals surface area contributed by atoms with Crippen LogP contribution in [0.2, 0.25) is 0 Å². The first kappa shape index (κ1) is 10.5. The third kappa shape index (κ3) is 2.43. The van der Waals surface area contributed by atoms with E-state index in [9.17, 15) is 4.79 Å². The molecule has 0 saturated carbocycles. The van der Waals surface area contributed by atoms with E-state index in [-0.39, 0.29) is 6.42 Å². The number of aromatic nitrogens is 1. The number of pyridine rings is 1. The highest BCUT2D eigenvalue weighted by Gasteiger charge is 2.13. The van der Waals surface area contributed by atoms with Gasteiger partial charge in [-0.05, 0) is 24.1 Å². The minimum atomic E-state index is -1.01. The molecule has 1 atom stereocenters. The molecule has 14 heavy (non-hydrogen) atoms. The minimum absolute atomic E-state index is 0.272. The molecule has 1 aromatic heterocycles. The minimum Gasteiger partial charge on any atom is -0.480 e. The van der Waals surface area contributed by atoms with Crippen LogP contribution >= 0.6 is 0 Å². The summed E-state index contributed by atoms with van der Waals surface area (Å²) in [5, 5.41) is 8.62. The number of rotatable bonds is 3. The lowest BCUT2D eigenvalue weighted by Crippen LogP contribution is -2.32. The van der Waals surface area contributed by atoms with E-state index in [1.807, 2.05) is 6.92 Å². The molecule has 0 spiro atoms. The van der Waals surface area contributed by atoms with Gasteiger partial charge in [0.25, 0.3) is 0 Å². The van der Waals surface area contributed by atoms with Gasteiger partial charge in [-0.15, -0.1) is 0 Å². The zero-order valence-corrected chi connectivity index (χ0v) is 7.90. The van der Waals surface area contributed by atoms with Crippen LogP contribution in [-0.2, 0) is 11.2 Å². The smallest absolute Gasteiger partial charge is 0.320 e. The van der Waals surface area contributed by atoms with E-state index >= 15 is 0 Å². The number of carboxylic acid groups (broad SMARTS) is 1. The lowest BCUT2D eigenvalue weighted by molar-refractivity contribution is -0.138. The molecule has 76 valence electrons. The van der Waals surface area contributed by atoms with E-state index in [0.29, 0.717) is 5.82 Å². The van der Waals surface area contributed by atoms with Crippen molar-refractivity contribution < 1.29 is 9.90 Å². The van der Waals surface area contributed by atoms with E-state index in [2.05, 4.69) is 4.98 Å². The fourth-order valence-corrected chi connectivity index (χ4v) is 1.14. The van der Waals surface area contributed by atoms with Crippen LogP contribution in [0.4, 0.5) is 5.82 Å². The highest BCUT2D eigenvalue weighted by atomic mass is 16.4. The Hall–Kier alpha value is -1.62. The number of anilines is 1.